The number of carbonyl (C=O) groups excluding carboxylic acids is 4. The molecule has 2 aliphatic carbocycles. The number of benzene rings is 2. The summed E-state index contributed by atoms with van der Waals surface area (Å²) in [5, 5.41) is 0. The number of allylic oxidation sites excluding steroid dienone is 8. The number of aromatic nitrogens is 6. The van der Waals surface area contributed by atoms with Crippen LogP contribution in [0.15, 0.2) is 216 Å². The molecule has 0 amide bonds. The summed E-state index contributed by atoms with van der Waals surface area (Å²) in [4.78, 5) is 79.4. The number of pyridine rings is 6. The number of carbonyl (C=O) groups is 4. The van der Waals surface area contributed by atoms with E-state index in [1.807, 2.05) is 210 Å². The third-order valence-electron chi connectivity index (χ3n) is 15.3. The number of halogens is 12. The summed E-state index contributed by atoms with van der Waals surface area (Å²) in [6.07, 6.45) is 6.70. The fourth-order valence-electron chi connectivity index (χ4n) is 10.1. The number of hydrogen-bond acceptors (Lipinski definition) is 12. The summed E-state index contributed by atoms with van der Waals surface area (Å²) >= 11 is 0. The molecular formula is C84H104Co2F12N8O4P2+2. The van der Waals surface area contributed by atoms with Gasteiger partial charge < -0.3 is 0 Å². The Balaban J connectivity index is 0.000000673. The van der Waals surface area contributed by atoms with E-state index in [0.717, 1.165) is 119 Å². The smallest absolute Gasteiger partial charge is 2.00 e. The number of aryl methyl sites for hydroxylation is 8. The van der Waals surface area contributed by atoms with Crippen LogP contribution in [0, 0.1) is 77.0 Å². The Morgan fingerprint density at radius 3 is 0.580 bits per heavy atom. The molecule has 6 heterocycles. The third-order valence-corrected chi connectivity index (χ3v) is 15.3. The van der Waals surface area contributed by atoms with E-state index in [2.05, 4.69) is 151 Å². The van der Waals surface area contributed by atoms with Gasteiger partial charge in [-0.1, -0.05) is 203 Å². The Bertz CT molecular complexity index is 4030. The molecule has 2 aliphatic rings. The molecule has 614 valence electrons. The van der Waals surface area contributed by atoms with Crippen LogP contribution >= 0.6 is 15.6 Å². The average Bonchev–Trinajstić information content (AvgIpc) is 0.801. The van der Waals surface area contributed by atoms with E-state index in [0.29, 0.717) is 11.1 Å². The van der Waals surface area contributed by atoms with Gasteiger partial charge in [-0.25, -0.2) is 0 Å². The molecule has 12 nitrogen and oxygen atoms in total. The van der Waals surface area contributed by atoms with Crippen molar-refractivity contribution < 1.29 is 103 Å². The SMILES string of the molecule is CC(C)(C)C1=CC(=O)C(=O)C(C(C)(C)C)=C1.CC(C)(C)C1=CC(=O)C(=O)C(C(C)(C)C)=C1.Cc1cccc(CN(Cc2cccc(C)n2)Cc2cccc(C)n2)n1.Cc1cccc(CN(Cc2cccc(C)n2)Cc2cccc(C)n2)n1.Cc1ccccc1.Cc1ccccc1.F[P-](F)(F)(F)(F)F.F[P-](F)(F)(F)(F)F.[Co+2].[Co+2]. The summed E-state index contributed by atoms with van der Waals surface area (Å²) in [6.45, 7) is 44.9. The van der Waals surface area contributed by atoms with Crippen LogP contribution in [0.25, 0.3) is 0 Å². The van der Waals surface area contributed by atoms with Crippen molar-refractivity contribution in [3.8, 4) is 0 Å². The molecule has 0 unspecified atom stereocenters. The van der Waals surface area contributed by atoms with Crippen molar-refractivity contribution in [1.82, 2.24) is 39.7 Å². The van der Waals surface area contributed by atoms with Gasteiger partial charge >= 0.3 is 99.5 Å². The van der Waals surface area contributed by atoms with Crippen LogP contribution in [-0.4, -0.2) is 62.8 Å². The maximum atomic E-state index is 11.8. The van der Waals surface area contributed by atoms with E-state index in [1.165, 1.54) is 23.3 Å². The summed E-state index contributed by atoms with van der Waals surface area (Å²) in [5.41, 5.74) is 17.6. The first-order valence-electron chi connectivity index (χ1n) is 35.1. The minimum atomic E-state index is -10.7. The molecule has 0 bridgehead atoms. The van der Waals surface area contributed by atoms with Gasteiger partial charge in [-0.05, 0) is 173 Å². The van der Waals surface area contributed by atoms with E-state index in [1.54, 1.807) is 0 Å². The maximum Gasteiger partial charge on any atom is 2.00 e. The van der Waals surface area contributed by atoms with E-state index >= 15 is 0 Å². The molecule has 2 radical (unpaired) electrons. The normalized spacial score (nSPS) is 14.2. The molecule has 10 rings (SSSR count). The second kappa shape index (κ2) is 40.8. The summed E-state index contributed by atoms with van der Waals surface area (Å²) in [7, 11) is -21.3. The number of rotatable bonds is 12. The van der Waals surface area contributed by atoms with Crippen molar-refractivity contribution in [2.45, 2.75) is 178 Å². The van der Waals surface area contributed by atoms with Crippen LogP contribution in [0.5, 0.6) is 0 Å². The van der Waals surface area contributed by atoms with E-state index in [-0.39, 0.29) is 66.8 Å². The molecule has 6 aromatic heterocycles. The van der Waals surface area contributed by atoms with E-state index < -0.39 is 27.2 Å². The fourth-order valence-corrected chi connectivity index (χ4v) is 10.1. The molecule has 2 aromatic carbocycles. The second-order valence-electron chi connectivity index (χ2n) is 30.8. The maximum absolute atomic E-state index is 11.8. The van der Waals surface area contributed by atoms with Crippen LogP contribution < -0.4 is 0 Å². The summed E-state index contributed by atoms with van der Waals surface area (Å²) in [5.74, 6) is -1.50. The number of hydrogen-bond donors (Lipinski definition) is 0. The van der Waals surface area contributed by atoms with Crippen molar-refractivity contribution in [1.29, 1.82) is 0 Å². The molecule has 0 spiro atoms. The van der Waals surface area contributed by atoms with Crippen LogP contribution in [-0.2, 0) is 92.0 Å². The molecule has 28 heteroatoms. The predicted molar refractivity (Wildman–Crippen MR) is 419 cm³/mol. The van der Waals surface area contributed by atoms with E-state index in [9.17, 15) is 69.5 Å². The van der Waals surface area contributed by atoms with Crippen LogP contribution in [0.1, 0.15) is 163 Å². The van der Waals surface area contributed by atoms with Gasteiger partial charge in [0.25, 0.3) is 0 Å². The zero-order chi connectivity index (χ0) is 83.8. The number of Topliss-reactive ketones (excluding diaryl/α,β-unsaturated/α-hetero) is 2. The van der Waals surface area contributed by atoms with E-state index in [4.69, 9.17) is 0 Å². The van der Waals surface area contributed by atoms with Crippen LogP contribution in [0.4, 0.5) is 50.4 Å². The summed E-state index contributed by atoms with van der Waals surface area (Å²) < 4.78 is 118. The minimum Gasteiger partial charge on any atom is 2.00 e. The van der Waals surface area contributed by atoms with Crippen LogP contribution in [0.2, 0.25) is 0 Å². The minimum absolute atomic E-state index is 0. The van der Waals surface area contributed by atoms with Crippen molar-refractivity contribution in [3.63, 3.8) is 0 Å². The van der Waals surface area contributed by atoms with Gasteiger partial charge in [0, 0.05) is 84.6 Å². The predicted octanol–water partition coefficient (Wildman–Crippen LogP) is 24.9. The Morgan fingerprint density at radius 1 is 0.268 bits per heavy atom. The standard InChI is InChI=1S/2C21H24N4.2C14H20O2.2C7H8.2Co.2F6P/c2*1-16-7-4-10-19(22-16)13-25(14-20-11-5-8-17(2)23-20)15-21-12-6-9-18(3)24-21;2*1-13(2,3)9-7-10(14(4,5)6)12(16)11(15)8-9;2*1-7-5-3-2-4-6-7;;;2*1-7(2,3,4,5)6/h2*4-12H,13-15H2,1-3H3;2*7-8H,1-6H3;2*2-6H,1H3;;;;/q;;;;;;2*+2;2*-1. The molecule has 112 heavy (non-hydrogen) atoms. The molecule has 0 fully saturated rings. The Hall–Kier alpha value is -8.07. The summed E-state index contributed by atoms with van der Waals surface area (Å²) in [6, 6.07) is 57.5. The van der Waals surface area contributed by atoms with Gasteiger partial charge in [0.1, 0.15) is 0 Å². The number of nitrogens with zero attached hydrogens (tertiary/aromatic N) is 8. The monoisotopic (exact) mass is 1700 g/mol. The van der Waals surface area contributed by atoms with Crippen molar-refractivity contribution in [3.05, 3.63) is 296 Å². The third kappa shape index (κ3) is 47.5. The molecule has 0 atom stereocenters. The first kappa shape index (κ1) is 102. The average molecular weight is 1700 g/mol. The topological polar surface area (TPSA) is 152 Å². The second-order valence-corrected chi connectivity index (χ2v) is 34.7. The van der Waals surface area contributed by atoms with Gasteiger partial charge in [0.05, 0.1) is 34.2 Å². The zero-order valence-electron chi connectivity index (χ0n) is 67.0. The van der Waals surface area contributed by atoms with Gasteiger partial charge in [0.2, 0.25) is 23.1 Å². The largest absolute Gasteiger partial charge is 2.00 e. The Kier molecular flexibility index (Phi) is 37.1. The van der Waals surface area contributed by atoms with Crippen molar-refractivity contribution in [2.75, 3.05) is 0 Å². The van der Waals surface area contributed by atoms with Crippen LogP contribution in [0.3, 0.4) is 0 Å². The molecule has 0 N–H and O–H groups in total. The van der Waals surface area contributed by atoms with Gasteiger partial charge in [-0.15, -0.1) is 0 Å². The van der Waals surface area contributed by atoms with Crippen molar-refractivity contribution >= 4 is 38.7 Å². The first-order valence-corrected chi connectivity index (χ1v) is 39.2. The van der Waals surface area contributed by atoms with Gasteiger partial charge in [0.15, 0.2) is 0 Å². The van der Waals surface area contributed by atoms with Gasteiger partial charge in [-0.2, -0.15) is 0 Å². The zero-order valence-corrected chi connectivity index (χ0v) is 70.9. The van der Waals surface area contributed by atoms with Gasteiger partial charge in [-0.3, -0.25) is 58.9 Å². The molecule has 0 saturated heterocycles. The molecule has 0 saturated carbocycles. The Morgan fingerprint density at radius 2 is 0.446 bits per heavy atom. The Labute approximate surface area is 673 Å². The first-order chi connectivity index (χ1) is 49.9. The number of ketones is 4. The fraction of sp³-hybridized carbons (Fsp3) is 0.357. The molecule has 8 aromatic rings. The molecule has 0 aliphatic heterocycles. The van der Waals surface area contributed by atoms with Crippen molar-refractivity contribution in [2.24, 2.45) is 21.7 Å². The molecular weight excluding hydrogens is 1590 g/mol. The quantitative estimate of drug-likeness (QED) is 0.0495.